The number of hydrogen-bond acceptors (Lipinski definition) is 0. The number of hydrogen-bond donors (Lipinski definition) is 0. The summed E-state index contributed by atoms with van der Waals surface area (Å²) < 4.78 is 0. The van der Waals surface area contributed by atoms with E-state index >= 15 is 0 Å². The smallest absolute Gasteiger partial charge is 0.0569 e. The lowest BCUT2D eigenvalue weighted by atomic mass is 10.3. The Balaban J connectivity index is 2.06. The van der Waals surface area contributed by atoms with E-state index in [1.54, 1.807) is 19.6 Å². The molecule has 0 aromatic heterocycles. The van der Waals surface area contributed by atoms with Crippen LogP contribution in [0.3, 0.4) is 0 Å². The van der Waals surface area contributed by atoms with E-state index in [0.717, 1.165) is 10.5 Å². The van der Waals surface area contributed by atoms with Crippen LogP contribution < -0.4 is 0 Å². The Morgan fingerprint density at radius 1 is 0.611 bits per heavy atom. The van der Waals surface area contributed by atoms with Gasteiger partial charge < -0.3 is 0 Å². The van der Waals surface area contributed by atoms with Crippen LogP contribution >= 0.6 is 0 Å². The van der Waals surface area contributed by atoms with Gasteiger partial charge in [-0.3, -0.25) is 0 Å². The van der Waals surface area contributed by atoms with Crippen molar-refractivity contribution in [1.82, 2.24) is 0 Å². The molecule has 2 aromatic rings. The first-order valence-corrected chi connectivity index (χ1v) is 9.01. The molecule has 3 heterocycles. The Hall–Kier alpha value is -0.860. The summed E-state index contributed by atoms with van der Waals surface area (Å²) in [5.74, 6) is 0. The van der Waals surface area contributed by atoms with Crippen LogP contribution in [0, 0.1) is 0 Å². The average Bonchev–Trinajstić information content (AvgIpc) is 2.42. The van der Waals surface area contributed by atoms with Crippen molar-refractivity contribution >= 4 is 21.8 Å². The van der Waals surface area contributed by atoms with E-state index in [0.29, 0.717) is 21.8 Å². The Morgan fingerprint density at radius 3 is 1.17 bits per heavy atom. The molecule has 2 heteroatoms. The molecule has 2 aromatic carbocycles. The molecule has 18 heavy (non-hydrogen) atoms. The van der Waals surface area contributed by atoms with Crippen LogP contribution in [-0.4, -0.2) is 10.5 Å². The lowest BCUT2D eigenvalue weighted by molar-refractivity contribution is 0.851. The summed E-state index contributed by atoms with van der Waals surface area (Å²) >= 11 is 0. The van der Waals surface area contributed by atoms with Gasteiger partial charge in [-0.25, -0.2) is 0 Å². The van der Waals surface area contributed by atoms with Crippen molar-refractivity contribution in [2.45, 2.75) is 43.9 Å². The predicted molar refractivity (Wildman–Crippen MR) is 79.6 cm³/mol. The summed E-state index contributed by atoms with van der Waals surface area (Å²) in [4.78, 5) is 6.46. The Labute approximate surface area is 114 Å². The molecular formula is C16H16S2+2. The first-order chi connectivity index (χ1) is 8.79. The molecular weight excluding hydrogens is 256 g/mol. The molecule has 3 aliphatic heterocycles. The van der Waals surface area contributed by atoms with E-state index in [2.05, 4.69) is 62.4 Å². The Bertz CT molecular complexity index is 518. The van der Waals surface area contributed by atoms with Crippen LogP contribution in [0.2, 0.25) is 0 Å². The molecule has 2 bridgehead atoms. The van der Waals surface area contributed by atoms with Gasteiger partial charge in [0.05, 0.1) is 21.8 Å². The van der Waals surface area contributed by atoms with Gasteiger partial charge >= 0.3 is 0 Å². The summed E-state index contributed by atoms with van der Waals surface area (Å²) in [7, 11) is 0.593. The fourth-order valence-corrected chi connectivity index (χ4v) is 9.67. The molecule has 0 N–H and O–H groups in total. The van der Waals surface area contributed by atoms with Crippen LogP contribution in [-0.2, 0) is 21.8 Å². The highest BCUT2D eigenvalue weighted by Crippen LogP contribution is 2.52. The van der Waals surface area contributed by atoms with Crippen molar-refractivity contribution in [3.05, 3.63) is 48.5 Å². The lowest BCUT2D eigenvalue weighted by Crippen LogP contribution is -2.46. The third kappa shape index (κ3) is 1.25. The maximum atomic E-state index is 2.44. The van der Waals surface area contributed by atoms with Gasteiger partial charge in [-0.1, -0.05) is 24.3 Å². The molecule has 2 atom stereocenters. The summed E-state index contributed by atoms with van der Waals surface area (Å²) in [6.07, 6.45) is 0. The molecule has 3 aliphatic rings. The van der Waals surface area contributed by atoms with Crippen LogP contribution in [0.25, 0.3) is 0 Å². The molecule has 0 nitrogen and oxygen atoms in total. The van der Waals surface area contributed by atoms with Gasteiger partial charge in [0, 0.05) is 0 Å². The average molecular weight is 272 g/mol. The molecule has 90 valence electrons. The van der Waals surface area contributed by atoms with E-state index in [1.807, 2.05) is 0 Å². The van der Waals surface area contributed by atoms with Crippen molar-refractivity contribution in [3.8, 4) is 0 Å². The van der Waals surface area contributed by atoms with Gasteiger partial charge in [0.15, 0.2) is 10.5 Å². The highest BCUT2D eigenvalue weighted by Gasteiger charge is 2.61. The van der Waals surface area contributed by atoms with Crippen LogP contribution in [0.5, 0.6) is 0 Å². The zero-order valence-electron chi connectivity index (χ0n) is 10.6. The summed E-state index contributed by atoms with van der Waals surface area (Å²) in [5, 5.41) is 1.58. The minimum atomic E-state index is 0.297. The molecule has 0 fully saturated rings. The zero-order valence-corrected chi connectivity index (χ0v) is 12.2. The van der Waals surface area contributed by atoms with Gasteiger partial charge in [-0.15, -0.1) is 0 Å². The van der Waals surface area contributed by atoms with Gasteiger partial charge in [0.1, 0.15) is 0 Å². The van der Waals surface area contributed by atoms with Crippen LogP contribution in [0.4, 0.5) is 0 Å². The second kappa shape index (κ2) is 3.82. The first-order valence-electron chi connectivity index (χ1n) is 6.43. The molecule has 5 rings (SSSR count). The maximum absolute atomic E-state index is 2.44. The van der Waals surface area contributed by atoms with E-state index in [1.165, 1.54) is 0 Å². The van der Waals surface area contributed by atoms with E-state index in [9.17, 15) is 0 Å². The maximum Gasteiger partial charge on any atom is 0.216 e. The quantitative estimate of drug-likeness (QED) is 0.639. The predicted octanol–water partition coefficient (Wildman–Crippen LogP) is 3.86. The SMILES string of the molecule is CC1C(C)[S+]2c3ccccc3[S+]1c1ccccc12. The standard InChI is InChI=1S/C16H16S2/c1-11-12(2)18-15-9-5-3-7-13(15)17(11)14-8-4-6-10-16(14)18/h3-12H,1-2H3/q+2. The normalized spacial score (nSPS) is 31.9. The molecule has 0 saturated heterocycles. The van der Waals surface area contributed by atoms with Crippen molar-refractivity contribution < 1.29 is 0 Å². The minimum Gasteiger partial charge on any atom is -0.0569 e. The Morgan fingerprint density at radius 2 is 0.889 bits per heavy atom. The third-order valence-electron chi connectivity index (χ3n) is 4.05. The highest BCUT2D eigenvalue weighted by atomic mass is 32.2. The van der Waals surface area contributed by atoms with Crippen LogP contribution in [0.1, 0.15) is 13.8 Å². The first kappa shape index (κ1) is 11.0. The van der Waals surface area contributed by atoms with Gasteiger partial charge in [-0.2, -0.15) is 0 Å². The molecule has 2 unspecified atom stereocenters. The molecule has 0 amide bonds. The van der Waals surface area contributed by atoms with Gasteiger partial charge in [0.2, 0.25) is 19.6 Å². The number of benzene rings is 2. The second-order valence-corrected chi connectivity index (χ2v) is 9.58. The monoisotopic (exact) mass is 272 g/mol. The molecule has 0 saturated carbocycles. The molecule has 0 aliphatic carbocycles. The molecule has 0 spiro atoms. The number of rotatable bonds is 0. The summed E-state index contributed by atoms with van der Waals surface area (Å²) in [6, 6.07) is 18.3. The third-order valence-corrected chi connectivity index (χ3v) is 10.1. The van der Waals surface area contributed by atoms with Crippen molar-refractivity contribution in [2.24, 2.45) is 0 Å². The van der Waals surface area contributed by atoms with Crippen molar-refractivity contribution in [2.75, 3.05) is 0 Å². The fourth-order valence-electron chi connectivity index (χ4n) is 3.05. The topological polar surface area (TPSA) is 0 Å². The fraction of sp³-hybridized carbons (Fsp3) is 0.250. The van der Waals surface area contributed by atoms with Crippen molar-refractivity contribution in [1.29, 1.82) is 0 Å². The van der Waals surface area contributed by atoms with Crippen LogP contribution in [0.15, 0.2) is 68.1 Å². The van der Waals surface area contributed by atoms with E-state index < -0.39 is 0 Å². The lowest BCUT2D eigenvalue weighted by Gasteiger charge is -2.32. The summed E-state index contributed by atoms with van der Waals surface area (Å²) in [6.45, 7) is 4.89. The van der Waals surface area contributed by atoms with E-state index in [-0.39, 0.29) is 0 Å². The zero-order chi connectivity index (χ0) is 12.3. The number of fused-ring (bicyclic) bond motifs is 1. The highest BCUT2D eigenvalue weighted by molar-refractivity contribution is 8.06. The van der Waals surface area contributed by atoms with Gasteiger partial charge in [0.25, 0.3) is 0 Å². The van der Waals surface area contributed by atoms with Crippen molar-refractivity contribution in [3.63, 3.8) is 0 Å². The van der Waals surface area contributed by atoms with E-state index in [4.69, 9.17) is 0 Å². The largest absolute Gasteiger partial charge is 0.216 e. The molecule has 0 radical (unpaired) electrons. The Kier molecular flexibility index (Phi) is 2.33. The summed E-state index contributed by atoms with van der Waals surface area (Å²) in [5.41, 5.74) is 0. The minimum absolute atomic E-state index is 0.297. The second-order valence-electron chi connectivity index (χ2n) is 4.98. The van der Waals surface area contributed by atoms with Gasteiger partial charge in [-0.05, 0) is 38.1 Å².